The molecule has 1 aromatic carbocycles. The molecule has 122 valence electrons. The van der Waals surface area contributed by atoms with Crippen LogP contribution < -0.4 is 0 Å². The summed E-state index contributed by atoms with van der Waals surface area (Å²) in [6.45, 7) is 3.04. The normalized spacial score (nSPS) is 18.6. The smallest absolute Gasteiger partial charge is 0.322 e. The summed E-state index contributed by atoms with van der Waals surface area (Å²) in [5.74, 6) is -1.01. The second kappa shape index (κ2) is 5.47. The van der Waals surface area contributed by atoms with E-state index in [-0.39, 0.29) is 29.3 Å². The number of carboxylic acid groups (broad SMARTS) is 1. The van der Waals surface area contributed by atoms with E-state index in [0.717, 1.165) is 15.4 Å². The molecule has 0 aliphatic carbocycles. The van der Waals surface area contributed by atoms with Gasteiger partial charge in [0.25, 0.3) is 0 Å². The number of aryl methyl sites for hydroxylation is 2. The second-order valence-electron chi connectivity index (χ2n) is 5.53. The van der Waals surface area contributed by atoms with Crippen LogP contribution in [0.15, 0.2) is 33.7 Å². The number of fused-ring (bicyclic) bond motifs is 1. The number of sulfonamides is 1. The van der Waals surface area contributed by atoms with Crippen LogP contribution in [0.1, 0.15) is 22.6 Å². The number of carbonyl (C=O) groups is 1. The van der Waals surface area contributed by atoms with Crippen molar-refractivity contribution in [2.45, 2.75) is 37.8 Å². The fraction of sp³-hybridized carbons (Fsp3) is 0.333. The zero-order valence-corrected chi connectivity index (χ0v) is 13.5. The van der Waals surface area contributed by atoms with Crippen molar-refractivity contribution in [3.05, 3.63) is 46.8 Å². The highest BCUT2D eigenvalue weighted by molar-refractivity contribution is 7.89. The van der Waals surface area contributed by atoms with Crippen LogP contribution in [-0.4, -0.2) is 35.0 Å². The Labute approximate surface area is 133 Å². The molecular weight excluding hydrogens is 320 g/mol. The SMILES string of the molecule is Cc1noc(C)c1S(=O)(=O)N1Cc2ccccc2C[C@@H]1C(=O)O. The van der Waals surface area contributed by atoms with Gasteiger partial charge in [0.2, 0.25) is 10.0 Å². The Kier molecular flexibility index (Phi) is 3.73. The van der Waals surface area contributed by atoms with Crippen molar-refractivity contribution in [2.75, 3.05) is 0 Å². The molecule has 2 aromatic rings. The third kappa shape index (κ3) is 2.53. The maximum atomic E-state index is 13.0. The minimum atomic E-state index is -4.02. The predicted molar refractivity (Wildman–Crippen MR) is 80.3 cm³/mol. The minimum Gasteiger partial charge on any atom is -0.480 e. The molecule has 1 N–H and O–H groups in total. The van der Waals surface area contributed by atoms with Crippen molar-refractivity contribution in [3.63, 3.8) is 0 Å². The number of aliphatic carboxylic acids is 1. The highest BCUT2D eigenvalue weighted by atomic mass is 32.2. The lowest BCUT2D eigenvalue weighted by atomic mass is 9.96. The molecule has 0 radical (unpaired) electrons. The zero-order chi connectivity index (χ0) is 16.8. The maximum absolute atomic E-state index is 13.0. The van der Waals surface area contributed by atoms with Crippen LogP contribution in [0.3, 0.4) is 0 Å². The average Bonchev–Trinajstić information content (AvgIpc) is 2.85. The molecular formula is C15H16N2O5S. The van der Waals surface area contributed by atoms with Crippen molar-refractivity contribution >= 4 is 16.0 Å². The van der Waals surface area contributed by atoms with Gasteiger partial charge in [-0.2, -0.15) is 4.31 Å². The van der Waals surface area contributed by atoms with Gasteiger partial charge in [0, 0.05) is 13.0 Å². The second-order valence-corrected chi connectivity index (χ2v) is 7.36. The van der Waals surface area contributed by atoms with Gasteiger partial charge in [-0.3, -0.25) is 4.79 Å². The lowest BCUT2D eigenvalue weighted by Gasteiger charge is -2.33. The summed E-state index contributed by atoms with van der Waals surface area (Å²) < 4.78 is 31.9. The summed E-state index contributed by atoms with van der Waals surface area (Å²) in [7, 11) is -4.02. The van der Waals surface area contributed by atoms with E-state index in [1.807, 2.05) is 18.2 Å². The zero-order valence-electron chi connectivity index (χ0n) is 12.7. The first-order valence-corrected chi connectivity index (χ1v) is 8.50. The van der Waals surface area contributed by atoms with Gasteiger partial charge in [-0.05, 0) is 25.0 Å². The van der Waals surface area contributed by atoms with Crippen LogP contribution in [0.4, 0.5) is 0 Å². The highest BCUT2D eigenvalue weighted by Crippen LogP contribution is 2.31. The first kappa shape index (κ1) is 15.7. The molecule has 0 spiro atoms. The molecule has 0 fully saturated rings. The number of rotatable bonds is 3. The molecule has 1 aromatic heterocycles. The Balaban J connectivity index is 2.12. The van der Waals surface area contributed by atoms with Crippen LogP contribution in [0.2, 0.25) is 0 Å². The molecule has 0 unspecified atom stereocenters. The predicted octanol–water partition coefficient (Wildman–Crippen LogP) is 1.49. The summed E-state index contributed by atoms with van der Waals surface area (Å²) in [5.41, 5.74) is 1.89. The van der Waals surface area contributed by atoms with E-state index in [2.05, 4.69) is 5.16 Å². The summed E-state index contributed by atoms with van der Waals surface area (Å²) in [4.78, 5) is 11.6. The topological polar surface area (TPSA) is 101 Å². The number of aromatic nitrogens is 1. The lowest BCUT2D eigenvalue weighted by molar-refractivity contribution is -0.141. The van der Waals surface area contributed by atoms with Gasteiger partial charge >= 0.3 is 5.97 Å². The molecule has 8 heteroatoms. The van der Waals surface area contributed by atoms with Crippen molar-refractivity contribution < 1.29 is 22.8 Å². The molecule has 1 aliphatic heterocycles. The van der Waals surface area contributed by atoms with Crippen molar-refractivity contribution in [1.82, 2.24) is 9.46 Å². The third-order valence-electron chi connectivity index (χ3n) is 4.03. The van der Waals surface area contributed by atoms with E-state index in [1.165, 1.54) is 13.8 Å². The van der Waals surface area contributed by atoms with E-state index in [0.29, 0.717) is 0 Å². The van der Waals surface area contributed by atoms with Gasteiger partial charge < -0.3 is 9.63 Å². The van der Waals surface area contributed by atoms with Crippen LogP contribution >= 0.6 is 0 Å². The van der Waals surface area contributed by atoms with Gasteiger partial charge in [-0.15, -0.1) is 0 Å². The number of benzene rings is 1. The Morgan fingerprint density at radius 1 is 1.30 bits per heavy atom. The number of hydrogen-bond donors (Lipinski definition) is 1. The number of carboxylic acids is 1. The van der Waals surface area contributed by atoms with Crippen LogP contribution in [0, 0.1) is 13.8 Å². The molecule has 1 aliphatic rings. The van der Waals surface area contributed by atoms with Crippen LogP contribution in [-0.2, 0) is 27.8 Å². The summed E-state index contributed by atoms with van der Waals surface area (Å²) >= 11 is 0. The van der Waals surface area contributed by atoms with Crippen molar-refractivity contribution in [1.29, 1.82) is 0 Å². The highest BCUT2D eigenvalue weighted by Gasteiger charge is 2.41. The standard InChI is InChI=1S/C15H16N2O5S/c1-9-14(10(2)22-16-9)23(20,21)17-8-12-6-4-3-5-11(12)7-13(17)15(18)19/h3-6,13H,7-8H2,1-2H3,(H,18,19)/t13-/m1/s1. The molecule has 0 amide bonds. The molecule has 0 bridgehead atoms. The molecule has 7 nitrogen and oxygen atoms in total. The van der Waals surface area contributed by atoms with Gasteiger partial charge in [-0.25, -0.2) is 8.42 Å². The van der Waals surface area contributed by atoms with Crippen LogP contribution in [0.5, 0.6) is 0 Å². The lowest BCUT2D eigenvalue weighted by Crippen LogP contribution is -2.48. The van der Waals surface area contributed by atoms with Crippen molar-refractivity contribution in [3.8, 4) is 0 Å². The first-order chi connectivity index (χ1) is 10.8. The molecule has 1 atom stereocenters. The van der Waals surface area contributed by atoms with E-state index in [4.69, 9.17) is 4.52 Å². The Morgan fingerprint density at radius 3 is 2.52 bits per heavy atom. The fourth-order valence-corrected chi connectivity index (χ4v) is 4.78. The van der Waals surface area contributed by atoms with E-state index in [1.54, 1.807) is 6.07 Å². The molecule has 2 heterocycles. The summed E-state index contributed by atoms with van der Waals surface area (Å²) in [6, 6.07) is 6.11. The Morgan fingerprint density at radius 2 is 1.96 bits per heavy atom. The maximum Gasteiger partial charge on any atom is 0.322 e. The molecule has 0 saturated heterocycles. The first-order valence-electron chi connectivity index (χ1n) is 7.06. The Hall–Kier alpha value is -2.19. The Bertz CT molecular complexity index is 852. The fourth-order valence-electron chi connectivity index (χ4n) is 2.92. The average molecular weight is 336 g/mol. The molecule has 0 saturated carbocycles. The van der Waals surface area contributed by atoms with E-state index < -0.39 is 22.0 Å². The van der Waals surface area contributed by atoms with Gasteiger partial charge in [0.1, 0.15) is 16.6 Å². The van der Waals surface area contributed by atoms with Gasteiger partial charge in [-0.1, -0.05) is 29.4 Å². The third-order valence-corrected chi connectivity index (χ3v) is 6.12. The number of nitrogens with zero attached hydrogens (tertiary/aromatic N) is 2. The van der Waals surface area contributed by atoms with Gasteiger partial charge in [0.15, 0.2) is 5.76 Å². The molecule has 3 rings (SSSR count). The monoisotopic (exact) mass is 336 g/mol. The summed E-state index contributed by atoms with van der Waals surface area (Å²) in [6.07, 6.45) is 0.133. The summed E-state index contributed by atoms with van der Waals surface area (Å²) in [5, 5.41) is 13.2. The largest absolute Gasteiger partial charge is 0.480 e. The van der Waals surface area contributed by atoms with Crippen LogP contribution in [0.25, 0.3) is 0 Å². The molecule has 23 heavy (non-hydrogen) atoms. The quantitative estimate of drug-likeness (QED) is 0.911. The van der Waals surface area contributed by atoms with Crippen molar-refractivity contribution in [2.24, 2.45) is 0 Å². The minimum absolute atomic E-state index is 0.0134. The van der Waals surface area contributed by atoms with E-state index >= 15 is 0 Å². The number of hydrogen-bond acceptors (Lipinski definition) is 5. The van der Waals surface area contributed by atoms with Gasteiger partial charge in [0.05, 0.1) is 0 Å². The van der Waals surface area contributed by atoms with E-state index in [9.17, 15) is 18.3 Å².